The first-order valence-corrected chi connectivity index (χ1v) is 5.32. The van der Waals surface area contributed by atoms with Gasteiger partial charge in [-0.15, -0.1) is 5.10 Å². The predicted molar refractivity (Wildman–Crippen MR) is 57.1 cm³/mol. The first-order valence-electron chi connectivity index (χ1n) is 5.32. The summed E-state index contributed by atoms with van der Waals surface area (Å²) >= 11 is 0. The maximum atomic E-state index is 4.11. The molecule has 4 heteroatoms. The fraction of sp³-hybridized carbons (Fsp3) is 0.800. The average molecular weight is 196 g/mol. The molecule has 0 spiro atoms. The Morgan fingerprint density at radius 1 is 1.50 bits per heavy atom. The normalized spacial score (nSPS) is 11.1. The van der Waals surface area contributed by atoms with Crippen LogP contribution in [0.25, 0.3) is 0 Å². The molecule has 4 nitrogen and oxygen atoms in total. The average Bonchev–Trinajstić information content (AvgIpc) is 2.52. The summed E-state index contributed by atoms with van der Waals surface area (Å²) in [6.45, 7) is 9.42. The molecule has 1 aromatic rings. The van der Waals surface area contributed by atoms with Crippen LogP contribution in [0.1, 0.15) is 26.5 Å². The molecule has 0 bridgehead atoms. The van der Waals surface area contributed by atoms with E-state index in [1.807, 2.05) is 10.9 Å². The van der Waals surface area contributed by atoms with Gasteiger partial charge in [-0.1, -0.05) is 26.0 Å². The van der Waals surface area contributed by atoms with Crippen molar-refractivity contribution >= 4 is 0 Å². The molecule has 0 aromatic carbocycles. The Balaban J connectivity index is 2.35. The van der Waals surface area contributed by atoms with E-state index >= 15 is 0 Å². The molecule has 0 aliphatic rings. The standard InChI is InChI=1S/C10H20N4/c1-4-11-6-5-10-8-14(13-12-10)7-9(2)3/h8-9,11H,4-7H2,1-3H3. The molecular weight excluding hydrogens is 176 g/mol. The maximum absolute atomic E-state index is 4.11. The third-order valence-electron chi connectivity index (χ3n) is 1.95. The van der Waals surface area contributed by atoms with Gasteiger partial charge in [-0.25, -0.2) is 0 Å². The van der Waals surface area contributed by atoms with Gasteiger partial charge in [0, 0.05) is 25.7 Å². The topological polar surface area (TPSA) is 42.7 Å². The SMILES string of the molecule is CCNCCc1cn(CC(C)C)nn1. The van der Waals surface area contributed by atoms with Gasteiger partial charge in [0.05, 0.1) is 5.69 Å². The van der Waals surface area contributed by atoms with Crippen molar-refractivity contribution in [3.8, 4) is 0 Å². The molecule has 0 aliphatic heterocycles. The zero-order valence-electron chi connectivity index (χ0n) is 9.32. The van der Waals surface area contributed by atoms with Crippen molar-refractivity contribution in [2.75, 3.05) is 13.1 Å². The number of rotatable bonds is 6. The van der Waals surface area contributed by atoms with Gasteiger partial charge in [-0.2, -0.15) is 0 Å². The van der Waals surface area contributed by atoms with Crippen LogP contribution >= 0.6 is 0 Å². The Bertz CT molecular complexity index is 254. The molecule has 0 saturated carbocycles. The summed E-state index contributed by atoms with van der Waals surface area (Å²) in [5, 5.41) is 11.5. The van der Waals surface area contributed by atoms with Crippen LogP contribution in [0.3, 0.4) is 0 Å². The van der Waals surface area contributed by atoms with E-state index in [0.29, 0.717) is 5.92 Å². The van der Waals surface area contributed by atoms with Crippen molar-refractivity contribution < 1.29 is 0 Å². The summed E-state index contributed by atoms with van der Waals surface area (Å²) in [6.07, 6.45) is 3.00. The fourth-order valence-corrected chi connectivity index (χ4v) is 1.31. The van der Waals surface area contributed by atoms with Crippen molar-refractivity contribution in [2.45, 2.75) is 33.7 Å². The molecule has 1 aromatic heterocycles. The summed E-state index contributed by atoms with van der Waals surface area (Å²) in [4.78, 5) is 0. The minimum atomic E-state index is 0.623. The highest BCUT2D eigenvalue weighted by Crippen LogP contribution is 1.99. The number of aromatic nitrogens is 3. The number of hydrogen-bond donors (Lipinski definition) is 1. The van der Waals surface area contributed by atoms with Gasteiger partial charge in [0.1, 0.15) is 0 Å². The van der Waals surface area contributed by atoms with Gasteiger partial charge in [-0.05, 0) is 12.5 Å². The summed E-state index contributed by atoms with van der Waals surface area (Å²) in [7, 11) is 0. The van der Waals surface area contributed by atoms with E-state index in [2.05, 4.69) is 36.4 Å². The zero-order chi connectivity index (χ0) is 10.4. The van der Waals surface area contributed by atoms with Crippen LogP contribution in [0.5, 0.6) is 0 Å². The predicted octanol–water partition coefficient (Wildman–Crippen LogP) is 1.09. The van der Waals surface area contributed by atoms with Crippen molar-refractivity contribution in [2.24, 2.45) is 5.92 Å². The van der Waals surface area contributed by atoms with E-state index in [-0.39, 0.29) is 0 Å². The number of hydrogen-bond acceptors (Lipinski definition) is 3. The molecule has 1 rings (SSSR count). The van der Waals surface area contributed by atoms with Crippen LogP contribution in [0.2, 0.25) is 0 Å². The molecule has 0 saturated heterocycles. The minimum Gasteiger partial charge on any atom is -0.317 e. The lowest BCUT2D eigenvalue weighted by molar-refractivity contribution is 0.472. The molecule has 14 heavy (non-hydrogen) atoms. The molecule has 0 amide bonds. The summed E-state index contributed by atoms with van der Waals surface area (Å²) in [5.74, 6) is 0.623. The molecule has 1 N–H and O–H groups in total. The number of nitrogens with zero attached hydrogens (tertiary/aromatic N) is 3. The zero-order valence-corrected chi connectivity index (χ0v) is 9.32. The van der Waals surface area contributed by atoms with E-state index in [9.17, 15) is 0 Å². The van der Waals surface area contributed by atoms with E-state index in [1.54, 1.807) is 0 Å². The van der Waals surface area contributed by atoms with Crippen molar-refractivity contribution in [1.29, 1.82) is 0 Å². The van der Waals surface area contributed by atoms with Crippen LogP contribution in [0, 0.1) is 5.92 Å². The van der Waals surface area contributed by atoms with Crippen molar-refractivity contribution in [1.82, 2.24) is 20.3 Å². The number of nitrogens with one attached hydrogen (secondary N) is 1. The van der Waals surface area contributed by atoms with Crippen molar-refractivity contribution in [3.05, 3.63) is 11.9 Å². The third-order valence-corrected chi connectivity index (χ3v) is 1.95. The van der Waals surface area contributed by atoms with E-state index < -0.39 is 0 Å². The maximum Gasteiger partial charge on any atom is 0.0839 e. The second-order valence-electron chi connectivity index (χ2n) is 3.93. The highest BCUT2D eigenvalue weighted by Gasteiger charge is 2.01. The molecule has 0 atom stereocenters. The Morgan fingerprint density at radius 3 is 2.93 bits per heavy atom. The first kappa shape index (κ1) is 11.2. The van der Waals surface area contributed by atoms with E-state index in [1.165, 1.54) is 0 Å². The molecule has 0 radical (unpaired) electrons. The monoisotopic (exact) mass is 196 g/mol. The lowest BCUT2D eigenvalue weighted by Crippen LogP contribution is -2.16. The van der Waals surface area contributed by atoms with Gasteiger partial charge in [0.25, 0.3) is 0 Å². The van der Waals surface area contributed by atoms with Gasteiger partial charge in [-0.3, -0.25) is 4.68 Å². The lowest BCUT2D eigenvalue weighted by Gasteiger charge is -2.02. The van der Waals surface area contributed by atoms with Crippen LogP contribution in [0.4, 0.5) is 0 Å². The van der Waals surface area contributed by atoms with Crippen molar-refractivity contribution in [3.63, 3.8) is 0 Å². The largest absolute Gasteiger partial charge is 0.317 e. The second kappa shape index (κ2) is 5.75. The third kappa shape index (κ3) is 3.87. The lowest BCUT2D eigenvalue weighted by atomic mass is 10.2. The Hall–Kier alpha value is -0.900. The molecule has 0 fully saturated rings. The summed E-state index contributed by atoms with van der Waals surface area (Å²) in [5.41, 5.74) is 1.08. The van der Waals surface area contributed by atoms with Crippen LogP contribution in [-0.2, 0) is 13.0 Å². The first-order chi connectivity index (χ1) is 6.72. The minimum absolute atomic E-state index is 0.623. The van der Waals surface area contributed by atoms with Gasteiger partial charge >= 0.3 is 0 Å². The quantitative estimate of drug-likeness (QED) is 0.692. The molecular formula is C10H20N4. The fourth-order valence-electron chi connectivity index (χ4n) is 1.31. The van der Waals surface area contributed by atoms with E-state index in [4.69, 9.17) is 0 Å². The Kier molecular flexibility index (Phi) is 4.59. The summed E-state index contributed by atoms with van der Waals surface area (Å²) < 4.78 is 1.92. The van der Waals surface area contributed by atoms with Gasteiger partial charge in [0.2, 0.25) is 0 Å². The molecule has 0 unspecified atom stereocenters. The Labute approximate surface area is 85.7 Å². The van der Waals surface area contributed by atoms with E-state index in [0.717, 1.165) is 31.7 Å². The Morgan fingerprint density at radius 2 is 2.29 bits per heavy atom. The number of likely N-dealkylation sites (N-methyl/N-ethyl adjacent to an activating group) is 1. The highest BCUT2D eigenvalue weighted by molar-refractivity contribution is 4.92. The van der Waals surface area contributed by atoms with Gasteiger partial charge in [0.15, 0.2) is 0 Å². The van der Waals surface area contributed by atoms with Crippen LogP contribution in [0.15, 0.2) is 6.20 Å². The van der Waals surface area contributed by atoms with Crippen LogP contribution in [-0.4, -0.2) is 28.1 Å². The molecule has 80 valence electrons. The summed E-state index contributed by atoms with van der Waals surface area (Å²) in [6, 6.07) is 0. The highest BCUT2D eigenvalue weighted by atomic mass is 15.4. The van der Waals surface area contributed by atoms with Gasteiger partial charge < -0.3 is 5.32 Å². The van der Waals surface area contributed by atoms with Crippen LogP contribution < -0.4 is 5.32 Å². The smallest absolute Gasteiger partial charge is 0.0839 e. The second-order valence-corrected chi connectivity index (χ2v) is 3.93. The molecule has 1 heterocycles. The molecule has 0 aliphatic carbocycles.